The number of carbonyl (C=O) groups excluding carboxylic acids is 6. The maximum absolute atomic E-state index is 14.4. The molecule has 5 aromatic rings. The molecule has 0 aliphatic carbocycles. The molecule has 4 heterocycles. The Hall–Kier alpha value is -6.61. The van der Waals surface area contributed by atoms with Gasteiger partial charge < -0.3 is 56.4 Å². The first kappa shape index (κ1) is 53.2. The quantitative estimate of drug-likeness (QED) is 0.0394. The highest BCUT2D eigenvalue weighted by Crippen LogP contribution is 2.49. The lowest BCUT2D eigenvalue weighted by molar-refractivity contribution is -0.126. The van der Waals surface area contributed by atoms with Crippen molar-refractivity contribution in [2.75, 3.05) is 82.2 Å². The number of benzene rings is 3. The first-order valence-corrected chi connectivity index (χ1v) is 25.6. The number of amides is 7. The van der Waals surface area contributed by atoms with Gasteiger partial charge in [0.25, 0.3) is 5.91 Å². The fraction of sp³-hybridized carbons (Fsp3) is 0.451. The molecule has 0 saturated carbocycles. The average molecular weight is 1030 g/mol. The predicted molar refractivity (Wildman–Crippen MR) is 279 cm³/mol. The van der Waals surface area contributed by atoms with Gasteiger partial charge in [-0.15, -0.1) is 22.9 Å². The van der Waals surface area contributed by atoms with Gasteiger partial charge in [0, 0.05) is 86.7 Å². The lowest BCUT2D eigenvalue weighted by Crippen LogP contribution is -2.55. The lowest BCUT2D eigenvalue weighted by Gasteiger charge is -2.33. The summed E-state index contributed by atoms with van der Waals surface area (Å²) >= 11 is 8.04. The summed E-state index contributed by atoms with van der Waals surface area (Å²) in [6.45, 7) is 9.84. The van der Waals surface area contributed by atoms with E-state index in [-0.39, 0.29) is 56.3 Å². The van der Waals surface area contributed by atoms with Gasteiger partial charge in [-0.2, -0.15) is 0 Å². The summed E-state index contributed by atoms with van der Waals surface area (Å²) in [5.41, 5.74) is 21.9. The Balaban J connectivity index is 0.970. The molecule has 2 aromatic heterocycles. The van der Waals surface area contributed by atoms with E-state index in [9.17, 15) is 28.8 Å². The number of anilines is 2. The van der Waals surface area contributed by atoms with Crippen LogP contribution in [0.2, 0.25) is 0 Å². The minimum atomic E-state index is -1.06. The van der Waals surface area contributed by atoms with Crippen molar-refractivity contribution in [3.63, 3.8) is 0 Å². The molecule has 19 nitrogen and oxygen atoms in total. The maximum atomic E-state index is 14.4. The average Bonchev–Trinajstić information content (AvgIpc) is 4.19. The van der Waals surface area contributed by atoms with Crippen LogP contribution in [0, 0.1) is 12.8 Å². The number of carbonyl (C=O) groups is 6. The zero-order valence-electron chi connectivity index (χ0n) is 41.4. The van der Waals surface area contributed by atoms with Gasteiger partial charge in [0.2, 0.25) is 11.8 Å². The predicted octanol–water partition coefficient (Wildman–Crippen LogP) is 6.47. The van der Waals surface area contributed by atoms with E-state index in [1.165, 1.54) is 38.9 Å². The number of likely N-dealkylation sites (tertiary alicyclic amines) is 1. The number of aromatic nitrogens is 1. The first-order chi connectivity index (χ1) is 34.4. The lowest BCUT2D eigenvalue weighted by atomic mass is 9.97. The van der Waals surface area contributed by atoms with Crippen molar-refractivity contribution in [3.8, 4) is 11.5 Å². The molecule has 3 aromatic carbocycles. The van der Waals surface area contributed by atoms with Gasteiger partial charge in [-0.05, 0) is 110 Å². The Kier molecular flexibility index (Phi) is 17.5. The van der Waals surface area contributed by atoms with E-state index in [0.717, 1.165) is 57.5 Å². The van der Waals surface area contributed by atoms with Gasteiger partial charge in [-0.1, -0.05) is 26.0 Å². The molecule has 1 saturated heterocycles. The summed E-state index contributed by atoms with van der Waals surface area (Å²) in [5, 5.41) is 6.21. The van der Waals surface area contributed by atoms with E-state index < -0.39 is 42.1 Å². The number of aryl methyl sites for hydroxylation is 1. The van der Waals surface area contributed by atoms with Gasteiger partial charge in [0.15, 0.2) is 5.75 Å². The number of hydrogen-bond acceptors (Lipinski definition) is 12. The second-order valence-corrected chi connectivity index (χ2v) is 20.0. The number of thiophene rings is 1. The van der Waals surface area contributed by atoms with Gasteiger partial charge in [-0.3, -0.25) is 24.2 Å². The summed E-state index contributed by atoms with van der Waals surface area (Å²) in [5.74, 6) is -0.566. The first-order valence-electron chi connectivity index (χ1n) is 24.2. The molecule has 7 amide bonds. The maximum Gasteiger partial charge on any atom is 0.415 e. The second-order valence-electron chi connectivity index (χ2n) is 18.8. The second kappa shape index (κ2) is 23.7. The molecule has 1 fully saturated rings. The minimum absolute atomic E-state index is 0.100. The number of fused-ring (bicyclic) bond motifs is 4. The molecule has 21 heteroatoms. The molecule has 2 aliphatic rings. The van der Waals surface area contributed by atoms with E-state index in [0.29, 0.717) is 48.0 Å². The summed E-state index contributed by atoms with van der Waals surface area (Å²) in [6.07, 6.45) is 1.58. The Morgan fingerprint density at radius 1 is 0.958 bits per heavy atom. The molecule has 0 bridgehead atoms. The van der Waals surface area contributed by atoms with Crippen LogP contribution in [-0.2, 0) is 20.9 Å². The number of aromatic amines is 1. The number of H-pyrrole nitrogens is 1. The van der Waals surface area contributed by atoms with Crippen molar-refractivity contribution in [1.82, 2.24) is 25.0 Å². The van der Waals surface area contributed by atoms with Gasteiger partial charge >= 0.3 is 18.2 Å². The summed E-state index contributed by atoms with van der Waals surface area (Å²) in [6, 6.07) is 13.2. The number of ether oxygens (including phenoxy) is 3. The normalized spacial score (nSPS) is 15.3. The molecular weight excluding hydrogens is 964 g/mol. The number of rotatable bonds is 21. The third-order valence-electron chi connectivity index (χ3n) is 13.2. The van der Waals surface area contributed by atoms with Crippen LogP contribution >= 0.6 is 22.9 Å². The van der Waals surface area contributed by atoms with Crippen LogP contribution in [0.1, 0.15) is 72.6 Å². The van der Waals surface area contributed by atoms with E-state index >= 15 is 0 Å². The monoisotopic (exact) mass is 1030 g/mol. The Morgan fingerprint density at radius 2 is 1.67 bits per heavy atom. The zero-order chi connectivity index (χ0) is 51.8. The standard InChI is InChI=1S/C51H65ClN10O9S/c1-30(2)44(53)48(65)62(39(46(54)63)9-8-16-56-49(55)66)35-12-10-32(11-13-35)28-70-50(67)58(4)19-20-59(5)51(68)71-41-25-40-43(42-31(3)29-72-45(41)42)34(26-52)27-61(40)47(64)38-24-33-23-36(14-15-37(33)57-38)69-22-21-60-17-6-7-18-60/h10-15,23-25,29-30,34,39,44,57H,6-9,16-22,26-28,53H2,1-5H3,(H2,54,63)(H3,55,56,66)/t34-,39+,44+/m1/s1. The summed E-state index contributed by atoms with van der Waals surface area (Å²) in [7, 11) is 3.11. The number of likely N-dealkylation sites (N-methyl/N-ethyl adjacent to an activating group) is 2. The smallest absolute Gasteiger partial charge is 0.415 e. The van der Waals surface area contributed by atoms with Crippen molar-refractivity contribution in [1.29, 1.82) is 0 Å². The molecule has 386 valence electrons. The fourth-order valence-corrected chi connectivity index (χ4v) is 10.3. The molecule has 3 atom stereocenters. The SMILES string of the molecule is Cc1csc2c(OC(=O)N(C)CCN(C)C(=O)OCc3ccc(N(C(=O)[C@@H](N)C(C)C)[C@@H](CCCNC(N)=O)C(N)=O)cc3)cc3c(c12)[C@H](CCl)CN3C(=O)c1cc2cc(OCCN3CCCC3)ccc2[nH]1. The number of nitrogens with one attached hydrogen (secondary N) is 2. The number of primary amides is 2. The summed E-state index contributed by atoms with van der Waals surface area (Å²) < 4.78 is 18.5. The topological polar surface area (TPSA) is 252 Å². The highest BCUT2D eigenvalue weighted by molar-refractivity contribution is 7.17. The van der Waals surface area contributed by atoms with Crippen molar-refractivity contribution in [2.24, 2.45) is 23.1 Å². The van der Waals surface area contributed by atoms with E-state index in [1.54, 1.807) is 63.2 Å². The minimum Gasteiger partial charge on any atom is -0.492 e. The van der Waals surface area contributed by atoms with E-state index in [1.807, 2.05) is 36.6 Å². The highest BCUT2D eigenvalue weighted by atomic mass is 35.5. The van der Waals surface area contributed by atoms with E-state index in [2.05, 4.69) is 15.2 Å². The van der Waals surface area contributed by atoms with Crippen molar-refractivity contribution >= 4 is 91.2 Å². The van der Waals surface area contributed by atoms with E-state index in [4.69, 9.17) is 43.0 Å². The Bertz CT molecular complexity index is 2780. The fourth-order valence-electron chi connectivity index (χ4n) is 9.03. The van der Waals surface area contributed by atoms with Gasteiger partial charge in [-0.25, -0.2) is 14.4 Å². The van der Waals surface area contributed by atoms with Crippen LogP contribution in [-0.4, -0.2) is 140 Å². The number of hydrogen-bond donors (Lipinski definition) is 5. The summed E-state index contributed by atoms with van der Waals surface area (Å²) in [4.78, 5) is 90.0. The molecule has 8 N–H and O–H groups in total. The number of halogens is 1. The van der Waals surface area contributed by atoms with Crippen LogP contribution in [0.3, 0.4) is 0 Å². The number of alkyl halides is 1. The van der Waals surface area contributed by atoms with Crippen LogP contribution < -0.4 is 41.8 Å². The highest BCUT2D eigenvalue weighted by Gasteiger charge is 2.38. The molecule has 0 radical (unpaired) electrons. The molecule has 2 aliphatic heterocycles. The van der Waals surface area contributed by atoms with Crippen LogP contribution in [0.5, 0.6) is 11.5 Å². The number of nitrogens with two attached hydrogens (primary N) is 3. The third kappa shape index (κ3) is 12.3. The largest absolute Gasteiger partial charge is 0.492 e. The van der Waals surface area contributed by atoms with Gasteiger partial charge in [0.1, 0.15) is 30.7 Å². The molecular formula is C51H65ClN10O9S. The van der Waals surface area contributed by atoms with Gasteiger partial charge in [0.05, 0.1) is 16.4 Å². The van der Waals surface area contributed by atoms with Crippen molar-refractivity contribution in [2.45, 2.75) is 71.1 Å². The van der Waals surface area contributed by atoms with Crippen LogP contribution in [0.15, 0.2) is 60.0 Å². The van der Waals surface area contributed by atoms with Crippen molar-refractivity contribution in [3.05, 3.63) is 82.4 Å². The number of nitrogens with zero attached hydrogens (tertiary/aromatic N) is 5. The van der Waals surface area contributed by atoms with Crippen LogP contribution in [0.4, 0.5) is 25.8 Å². The Morgan fingerprint density at radius 3 is 2.33 bits per heavy atom. The molecule has 0 spiro atoms. The zero-order valence-corrected chi connectivity index (χ0v) is 43.0. The Labute approximate surface area is 427 Å². The van der Waals surface area contributed by atoms with Crippen molar-refractivity contribution < 1.29 is 43.0 Å². The third-order valence-corrected chi connectivity index (χ3v) is 14.7. The number of urea groups is 1. The molecule has 0 unspecified atom stereocenters. The van der Waals surface area contributed by atoms with Crippen LogP contribution in [0.25, 0.3) is 21.0 Å². The molecule has 7 rings (SSSR count). The molecule has 72 heavy (non-hydrogen) atoms.